The van der Waals surface area contributed by atoms with Gasteiger partial charge in [0, 0.05) is 10.7 Å². The van der Waals surface area contributed by atoms with Gasteiger partial charge in [0.1, 0.15) is 11.3 Å². The molecule has 4 rings (SSSR count). The number of nitrogens with zero attached hydrogens (tertiary/aromatic N) is 1. The first-order chi connectivity index (χ1) is 16.8. The molecule has 176 valence electrons. The Labute approximate surface area is 206 Å². The van der Waals surface area contributed by atoms with Crippen LogP contribution in [0.3, 0.4) is 0 Å². The Balaban J connectivity index is 1.49. The Morgan fingerprint density at radius 1 is 1.03 bits per heavy atom. The second-order valence-electron chi connectivity index (χ2n) is 7.66. The molecule has 1 saturated heterocycles. The van der Waals surface area contributed by atoms with Crippen LogP contribution in [0.5, 0.6) is 5.75 Å². The van der Waals surface area contributed by atoms with Gasteiger partial charge in [0.05, 0.1) is 5.69 Å². The monoisotopic (exact) mass is 489 g/mol. The normalized spacial score (nSPS) is 14.6. The summed E-state index contributed by atoms with van der Waals surface area (Å²) in [4.78, 5) is 50.8. The summed E-state index contributed by atoms with van der Waals surface area (Å²) in [5, 5.41) is 5.28. The van der Waals surface area contributed by atoms with E-state index in [2.05, 4.69) is 10.6 Å². The molecule has 0 spiro atoms. The lowest BCUT2D eigenvalue weighted by Crippen LogP contribution is -2.54. The van der Waals surface area contributed by atoms with Crippen LogP contribution in [0.15, 0.2) is 78.4 Å². The molecule has 0 atom stereocenters. The molecule has 2 N–H and O–H groups in total. The van der Waals surface area contributed by atoms with Crippen molar-refractivity contribution >= 4 is 52.8 Å². The molecule has 3 aromatic carbocycles. The molecular weight excluding hydrogens is 470 g/mol. The molecule has 0 aromatic heterocycles. The molecule has 0 bridgehead atoms. The van der Waals surface area contributed by atoms with E-state index in [0.717, 1.165) is 10.5 Å². The number of aryl methyl sites for hydroxylation is 1. The van der Waals surface area contributed by atoms with Crippen LogP contribution >= 0.6 is 11.6 Å². The molecule has 1 aliphatic rings. The number of carbonyl (C=O) groups excluding carboxylic acids is 4. The third-order valence-corrected chi connectivity index (χ3v) is 5.36. The molecule has 1 fully saturated rings. The van der Waals surface area contributed by atoms with Gasteiger partial charge in [-0.25, -0.2) is 9.69 Å². The number of halogens is 1. The number of para-hydroxylation sites is 1. The molecule has 0 radical (unpaired) electrons. The molecule has 1 aliphatic heterocycles. The molecule has 0 unspecified atom stereocenters. The van der Waals surface area contributed by atoms with Gasteiger partial charge in [-0.3, -0.25) is 19.7 Å². The van der Waals surface area contributed by atoms with Crippen molar-refractivity contribution in [3.8, 4) is 5.75 Å². The average molecular weight is 490 g/mol. The number of imide groups is 2. The minimum Gasteiger partial charge on any atom is -0.484 e. The van der Waals surface area contributed by atoms with Crippen molar-refractivity contribution in [3.63, 3.8) is 0 Å². The Hall–Kier alpha value is -4.43. The van der Waals surface area contributed by atoms with E-state index in [-0.39, 0.29) is 23.8 Å². The number of urea groups is 1. The molecular formula is C26H20ClN3O5. The van der Waals surface area contributed by atoms with Crippen LogP contribution in [0.25, 0.3) is 6.08 Å². The van der Waals surface area contributed by atoms with Gasteiger partial charge in [-0.05, 0) is 60.5 Å². The Bertz CT molecular complexity index is 1370. The second kappa shape index (κ2) is 10.2. The summed E-state index contributed by atoms with van der Waals surface area (Å²) in [5.41, 5.74) is 2.09. The third kappa shape index (κ3) is 5.56. The average Bonchev–Trinajstić information content (AvgIpc) is 2.82. The maximum Gasteiger partial charge on any atom is 0.335 e. The van der Waals surface area contributed by atoms with Crippen molar-refractivity contribution in [2.75, 3.05) is 16.8 Å². The Kier molecular flexibility index (Phi) is 6.93. The summed E-state index contributed by atoms with van der Waals surface area (Å²) >= 11 is 5.98. The van der Waals surface area contributed by atoms with E-state index in [0.29, 0.717) is 22.0 Å². The number of anilines is 2. The molecule has 1 heterocycles. The summed E-state index contributed by atoms with van der Waals surface area (Å²) < 4.78 is 5.58. The lowest BCUT2D eigenvalue weighted by atomic mass is 10.1. The van der Waals surface area contributed by atoms with Gasteiger partial charge in [0.2, 0.25) is 0 Å². The van der Waals surface area contributed by atoms with Gasteiger partial charge in [0.25, 0.3) is 17.7 Å². The number of rotatable bonds is 6. The molecule has 35 heavy (non-hydrogen) atoms. The number of amides is 5. The summed E-state index contributed by atoms with van der Waals surface area (Å²) in [5.74, 6) is -1.57. The van der Waals surface area contributed by atoms with Gasteiger partial charge in [-0.2, -0.15) is 0 Å². The van der Waals surface area contributed by atoms with Crippen molar-refractivity contribution < 1.29 is 23.9 Å². The van der Waals surface area contributed by atoms with Gasteiger partial charge in [0.15, 0.2) is 6.61 Å². The molecule has 8 nitrogen and oxygen atoms in total. The van der Waals surface area contributed by atoms with E-state index in [1.165, 1.54) is 18.2 Å². The van der Waals surface area contributed by atoms with Crippen LogP contribution in [-0.4, -0.2) is 30.4 Å². The van der Waals surface area contributed by atoms with E-state index in [4.69, 9.17) is 16.3 Å². The zero-order valence-corrected chi connectivity index (χ0v) is 19.3. The first kappa shape index (κ1) is 23.7. The van der Waals surface area contributed by atoms with Crippen LogP contribution in [0.2, 0.25) is 5.02 Å². The van der Waals surface area contributed by atoms with Gasteiger partial charge < -0.3 is 10.1 Å². The van der Waals surface area contributed by atoms with Gasteiger partial charge in [-0.1, -0.05) is 48.0 Å². The van der Waals surface area contributed by atoms with Crippen molar-refractivity contribution in [2.45, 2.75) is 6.92 Å². The summed E-state index contributed by atoms with van der Waals surface area (Å²) in [7, 11) is 0. The van der Waals surface area contributed by atoms with Crippen LogP contribution in [-0.2, 0) is 14.4 Å². The van der Waals surface area contributed by atoms with Gasteiger partial charge >= 0.3 is 6.03 Å². The minimum atomic E-state index is -0.865. The number of ether oxygens (including phenoxy) is 1. The standard InChI is InChI=1S/C26H20ClN3O5/c1-16-6-2-3-11-22(16)28-23(31)15-35-20-10-4-7-17(12-20)13-21-24(32)29-26(34)30(25(21)33)19-9-5-8-18(27)14-19/h2-14H,15H2,1H3,(H,28,31)(H,29,32,34)/b21-13+. The minimum absolute atomic E-state index is 0.231. The van der Waals surface area contributed by atoms with Crippen LogP contribution < -0.4 is 20.3 Å². The summed E-state index contributed by atoms with van der Waals surface area (Å²) in [6, 6.07) is 19.2. The molecule has 0 aliphatic carbocycles. The lowest BCUT2D eigenvalue weighted by Gasteiger charge is -2.26. The molecule has 9 heteroatoms. The van der Waals surface area contributed by atoms with E-state index in [1.807, 2.05) is 25.1 Å². The summed E-state index contributed by atoms with van der Waals surface area (Å²) in [6.45, 7) is 1.65. The van der Waals surface area contributed by atoms with Crippen molar-refractivity contribution in [1.29, 1.82) is 0 Å². The molecule has 3 aromatic rings. The van der Waals surface area contributed by atoms with Crippen LogP contribution in [0.1, 0.15) is 11.1 Å². The van der Waals surface area contributed by atoms with Crippen LogP contribution in [0.4, 0.5) is 16.2 Å². The van der Waals surface area contributed by atoms with Crippen molar-refractivity contribution in [3.05, 3.63) is 94.5 Å². The predicted molar refractivity (Wildman–Crippen MR) is 132 cm³/mol. The number of nitrogens with one attached hydrogen (secondary N) is 2. The number of barbiturate groups is 1. The van der Waals surface area contributed by atoms with E-state index >= 15 is 0 Å². The van der Waals surface area contributed by atoms with E-state index in [9.17, 15) is 19.2 Å². The largest absolute Gasteiger partial charge is 0.484 e. The third-order valence-electron chi connectivity index (χ3n) is 5.13. The van der Waals surface area contributed by atoms with Crippen molar-refractivity contribution in [2.24, 2.45) is 0 Å². The first-order valence-electron chi connectivity index (χ1n) is 10.6. The fraction of sp³-hybridized carbons (Fsp3) is 0.0769. The lowest BCUT2D eigenvalue weighted by molar-refractivity contribution is -0.122. The fourth-order valence-electron chi connectivity index (χ4n) is 3.42. The van der Waals surface area contributed by atoms with E-state index in [1.54, 1.807) is 42.5 Å². The Morgan fingerprint density at radius 2 is 1.80 bits per heavy atom. The highest BCUT2D eigenvalue weighted by Crippen LogP contribution is 2.25. The highest BCUT2D eigenvalue weighted by molar-refractivity contribution is 6.39. The molecule has 5 amide bonds. The van der Waals surface area contributed by atoms with Gasteiger partial charge in [-0.15, -0.1) is 0 Å². The second-order valence-corrected chi connectivity index (χ2v) is 8.10. The SMILES string of the molecule is Cc1ccccc1NC(=O)COc1cccc(/C=C2\C(=O)NC(=O)N(c3cccc(Cl)c3)C2=O)c1. The van der Waals surface area contributed by atoms with Crippen molar-refractivity contribution in [1.82, 2.24) is 5.32 Å². The zero-order chi connectivity index (χ0) is 24.9. The maximum atomic E-state index is 13.0. The Morgan fingerprint density at radius 3 is 2.57 bits per heavy atom. The fourth-order valence-corrected chi connectivity index (χ4v) is 3.60. The predicted octanol–water partition coefficient (Wildman–Crippen LogP) is 4.33. The topological polar surface area (TPSA) is 105 Å². The molecule has 0 saturated carbocycles. The van der Waals surface area contributed by atoms with Crippen LogP contribution in [0, 0.1) is 6.92 Å². The maximum absolute atomic E-state index is 13.0. The first-order valence-corrected chi connectivity index (χ1v) is 10.9. The quantitative estimate of drug-likeness (QED) is 0.396. The number of hydrogen-bond acceptors (Lipinski definition) is 5. The highest BCUT2D eigenvalue weighted by Gasteiger charge is 2.36. The smallest absolute Gasteiger partial charge is 0.335 e. The summed E-state index contributed by atoms with van der Waals surface area (Å²) in [6.07, 6.45) is 1.35. The highest BCUT2D eigenvalue weighted by atomic mass is 35.5. The zero-order valence-electron chi connectivity index (χ0n) is 18.6. The number of carbonyl (C=O) groups is 4. The number of hydrogen-bond donors (Lipinski definition) is 2. The van der Waals surface area contributed by atoms with E-state index < -0.39 is 17.8 Å². The number of benzene rings is 3.